The zero-order valence-corrected chi connectivity index (χ0v) is 14.0. The Bertz CT molecular complexity index is 753. The van der Waals surface area contributed by atoms with Crippen molar-refractivity contribution in [3.63, 3.8) is 0 Å². The van der Waals surface area contributed by atoms with Crippen LogP contribution in [0.25, 0.3) is 0 Å². The van der Waals surface area contributed by atoms with Crippen molar-refractivity contribution in [1.29, 1.82) is 0 Å². The van der Waals surface area contributed by atoms with E-state index in [1.807, 2.05) is 0 Å². The van der Waals surface area contributed by atoms with Gasteiger partial charge in [0.1, 0.15) is 16.6 Å². The number of hydrogen-bond acceptors (Lipinski definition) is 4. The van der Waals surface area contributed by atoms with E-state index in [-0.39, 0.29) is 22.1 Å². The number of hydrogen-bond donors (Lipinski definition) is 1. The standard InChI is InChI=1S/C17H16ClFN2O4/c18-15-8-3-12(11-16(15)21(23)24)17(22)20-9-1-2-10-25-14-6-4-13(19)5-7-14/h3-8,11H,1-2,9-10H2,(H,20,22). The quantitative estimate of drug-likeness (QED) is 0.435. The van der Waals surface area contributed by atoms with Gasteiger partial charge in [-0.1, -0.05) is 11.6 Å². The molecule has 0 aliphatic heterocycles. The summed E-state index contributed by atoms with van der Waals surface area (Å²) in [5.41, 5.74) is -0.124. The summed E-state index contributed by atoms with van der Waals surface area (Å²) in [7, 11) is 0. The average molecular weight is 367 g/mol. The van der Waals surface area contributed by atoms with E-state index in [1.165, 1.54) is 24.3 Å². The molecule has 0 bridgehead atoms. The molecule has 6 nitrogen and oxygen atoms in total. The van der Waals surface area contributed by atoms with E-state index in [0.717, 1.165) is 6.07 Å². The SMILES string of the molecule is O=C(NCCCCOc1ccc(F)cc1)c1ccc(Cl)c([N+](=O)[O-])c1. The predicted octanol–water partition coefficient (Wildman–Crippen LogP) is 3.98. The Hall–Kier alpha value is -2.67. The first-order valence-corrected chi connectivity index (χ1v) is 7.95. The van der Waals surface area contributed by atoms with Gasteiger partial charge in [0.2, 0.25) is 0 Å². The molecule has 25 heavy (non-hydrogen) atoms. The maximum absolute atomic E-state index is 12.7. The molecule has 0 aliphatic rings. The minimum Gasteiger partial charge on any atom is -0.494 e. The van der Waals surface area contributed by atoms with Crippen LogP contribution in [0.2, 0.25) is 5.02 Å². The van der Waals surface area contributed by atoms with Crippen LogP contribution in [0.4, 0.5) is 10.1 Å². The zero-order chi connectivity index (χ0) is 18.2. The highest BCUT2D eigenvalue weighted by Gasteiger charge is 2.15. The van der Waals surface area contributed by atoms with Gasteiger partial charge in [-0.05, 0) is 49.2 Å². The van der Waals surface area contributed by atoms with Gasteiger partial charge in [0, 0.05) is 18.2 Å². The number of halogens is 2. The molecule has 0 heterocycles. The number of nitrogens with one attached hydrogen (secondary N) is 1. The van der Waals surface area contributed by atoms with Gasteiger partial charge < -0.3 is 10.1 Å². The molecule has 0 aromatic heterocycles. The van der Waals surface area contributed by atoms with Gasteiger partial charge in [0.05, 0.1) is 11.5 Å². The highest BCUT2D eigenvalue weighted by molar-refractivity contribution is 6.32. The monoisotopic (exact) mass is 366 g/mol. The van der Waals surface area contributed by atoms with E-state index in [1.54, 1.807) is 12.1 Å². The van der Waals surface area contributed by atoms with Crippen LogP contribution < -0.4 is 10.1 Å². The van der Waals surface area contributed by atoms with Gasteiger partial charge in [-0.25, -0.2) is 4.39 Å². The number of benzene rings is 2. The molecule has 2 aromatic rings. The number of amides is 1. The summed E-state index contributed by atoms with van der Waals surface area (Å²) in [6.07, 6.45) is 1.36. The van der Waals surface area contributed by atoms with Crippen molar-refractivity contribution in [2.45, 2.75) is 12.8 Å². The molecule has 0 saturated carbocycles. The maximum Gasteiger partial charge on any atom is 0.288 e. The summed E-state index contributed by atoms with van der Waals surface area (Å²) in [5.74, 6) is -0.143. The topological polar surface area (TPSA) is 81.5 Å². The molecule has 0 spiro atoms. The highest BCUT2D eigenvalue weighted by Crippen LogP contribution is 2.24. The van der Waals surface area contributed by atoms with Gasteiger partial charge in [-0.15, -0.1) is 0 Å². The van der Waals surface area contributed by atoms with Crippen LogP contribution in [0.5, 0.6) is 5.75 Å². The Morgan fingerprint density at radius 3 is 2.60 bits per heavy atom. The zero-order valence-electron chi connectivity index (χ0n) is 13.2. The van der Waals surface area contributed by atoms with Crippen LogP contribution in [0, 0.1) is 15.9 Å². The lowest BCUT2D eigenvalue weighted by atomic mass is 10.2. The second-order valence-electron chi connectivity index (χ2n) is 5.19. The normalized spacial score (nSPS) is 10.3. The summed E-state index contributed by atoms with van der Waals surface area (Å²) >= 11 is 5.71. The van der Waals surface area contributed by atoms with E-state index < -0.39 is 10.8 Å². The Balaban J connectivity index is 1.71. The number of nitrogens with zero attached hydrogens (tertiary/aromatic N) is 1. The third kappa shape index (κ3) is 5.72. The Labute approximate surface area is 148 Å². The lowest BCUT2D eigenvalue weighted by Gasteiger charge is -2.07. The number of nitro groups is 1. The van der Waals surface area contributed by atoms with E-state index in [2.05, 4.69) is 5.32 Å². The lowest BCUT2D eigenvalue weighted by Crippen LogP contribution is -2.24. The fourth-order valence-electron chi connectivity index (χ4n) is 2.05. The smallest absolute Gasteiger partial charge is 0.288 e. The highest BCUT2D eigenvalue weighted by atomic mass is 35.5. The first kappa shape index (κ1) is 18.7. The van der Waals surface area contributed by atoms with Gasteiger partial charge in [0.15, 0.2) is 0 Å². The molecule has 0 aliphatic carbocycles. The van der Waals surface area contributed by atoms with Crippen molar-refractivity contribution >= 4 is 23.2 Å². The summed E-state index contributed by atoms with van der Waals surface area (Å²) in [6, 6.07) is 9.64. The number of carbonyl (C=O) groups is 1. The molecular weight excluding hydrogens is 351 g/mol. The molecule has 2 rings (SSSR count). The van der Waals surface area contributed by atoms with Crippen LogP contribution in [-0.2, 0) is 0 Å². The van der Waals surface area contributed by atoms with Crippen LogP contribution in [-0.4, -0.2) is 24.0 Å². The first-order valence-electron chi connectivity index (χ1n) is 7.58. The van der Waals surface area contributed by atoms with Crippen LogP contribution in [0.1, 0.15) is 23.2 Å². The summed E-state index contributed by atoms with van der Waals surface area (Å²) in [5, 5.41) is 13.5. The molecule has 2 aromatic carbocycles. The van der Waals surface area contributed by atoms with Crippen molar-refractivity contribution in [2.75, 3.05) is 13.2 Å². The summed E-state index contributed by atoms with van der Waals surface area (Å²) in [4.78, 5) is 22.2. The maximum atomic E-state index is 12.7. The molecule has 132 valence electrons. The summed E-state index contributed by atoms with van der Waals surface area (Å²) in [6.45, 7) is 0.843. The minimum atomic E-state index is -0.633. The van der Waals surface area contributed by atoms with E-state index in [9.17, 15) is 19.3 Å². The van der Waals surface area contributed by atoms with Crippen molar-refractivity contribution in [2.24, 2.45) is 0 Å². The fourth-order valence-corrected chi connectivity index (χ4v) is 2.23. The van der Waals surface area contributed by atoms with Gasteiger partial charge >= 0.3 is 0 Å². The van der Waals surface area contributed by atoms with Crippen molar-refractivity contribution < 1.29 is 18.8 Å². The van der Waals surface area contributed by atoms with Crippen LogP contribution in [0.15, 0.2) is 42.5 Å². The van der Waals surface area contributed by atoms with Crippen LogP contribution >= 0.6 is 11.6 Å². The van der Waals surface area contributed by atoms with Crippen molar-refractivity contribution in [3.8, 4) is 5.75 Å². The molecule has 1 N–H and O–H groups in total. The van der Waals surface area contributed by atoms with Gasteiger partial charge in [-0.3, -0.25) is 14.9 Å². The third-order valence-corrected chi connectivity index (χ3v) is 3.66. The molecule has 0 saturated heterocycles. The molecule has 1 amide bonds. The fraction of sp³-hybridized carbons (Fsp3) is 0.235. The van der Waals surface area contributed by atoms with E-state index in [0.29, 0.717) is 31.7 Å². The average Bonchev–Trinajstić information content (AvgIpc) is 2.59. The van der Waals surface area contributed by atoms with Crippen LogP contribution in [0.3, 0.4) is 0 Å². The molecule has 0 radical (unpaired) electrons. The van der Waals surface area contributed by atoms with E-state index in [4.69, 9.17) is 16.3 Å². The summed E-state index contributed by atoms with van der Waals surface area (Å²) < 4.78 is 18.2. The van der Waals surface area contributed by atoms with E-state index >= 15 is 0 Å². The van der Waals surface area contributed by atoms with Gasteiger partial charge in [-0.2, -0.15) is 0 Å². The molecule has 8 heteroatoms. The largest absolute Gasteiger partial charge is 0.494 e. The number of ether oxygens (including phenoxy) is 1. The molecule has 0 unspecified atom stereocenters. The second kappa shape index (κ2) is 8.98. The number of unbranched alkanes of at least 4 members (excludes halogenated alkanes) is 1. The third-order valence-electron chi connectivity index (χ3n) is 3.34. The number of rotatable bonds is 8. The van der Waals surface area contributed by atoms with Gasteiger partial charge in [0.25, 0.3) is 11.6 Å². The number of carbonyl (C=O) groups excluding carboxylic acids is 1. The minimum absolute atomic E-state index is 0.0144. The Morgan fingerprint density at radius 2 is 1.92 bits per heavy atom. The second-order valence-corrected chi connectivity index (χ2v) is 5.60. The molecule has 0 fully saturated rings. The number of nitro benzene ring substituents is 1. The lowest BCUT2D eigenvalue weighted by molar-refractivity contribution is -0.384. The molecule has 0 atom stereocenters. The predicted molar refractivity (Wildman–Crippen MR) is 91.6 cm³/mol. The Morgan fingerprint density at radius 1 is 1.20 bits per heavy atom. The van der Waals surface area contributed by atoms with Crippen molar-refractivity contribution in [1.82, 2.24) is 5.32 Å². The first-order chi connectivity index (χ1) is 12.0. The Kier molecular flexibility index (Phi) is 6.71. The van der Waals surface area contributed by atoms with Crippen molar-refractivity contribution in [3.05, 3.63) is 69.0 Å². The molecular formula is C17H16ClFN2O4.